The van der Waals surface area contributed by atoms with Crippen molar-refractivity contribution < 1.29 is 8.42 Å². The Kier molecular flexibility index (Phi) is 4.78. The van der Waals surface area contributed by atoms with Gasteiger partial charge in [0.05, 0.1) is 10.5 Å². The lowest BCUT2D eigenvalue weighted by atomic mass is 10.4. The fraction of sp³-hybridized carbons (Fsp3) is 1.00. The first-order chi connectivity index (χ1) is 5.46. The number of hydrogen-bond acceptors (Lipinski definition) is 3. The minimum absolute atomic E-state index is 0.221. The van der Waals surface area contributed by atoms with Crippen molar-refractivity contribution in [3.05, 3.63) is 0 Å². The van der Waals surface area contributed by atoms with Crippen LogP contribution < -0.4 is 5.32 Å². The molecule has 0 aromatic carbocycles. The summed E-state index contributed by atoms with van der Waals surface area (Å²) in [6.07, 6.45) is 0.691. The highest BCUT2D eigenvalue weighted by molar-refractivity contribution is 7.92. The Labute approximate surface area is 75.5 Å². The predicted molar refractivity (Wildman–Crippen MR) is 52.1 cm³/mol. The van der Waals surface area contributed by atoms with Gasteiger partial charge < -0.3 is 5.32 Å². The van der Waals surface area contributed by atoms with Crippen LogP contribution >= 0.6 is 0 Å². The third-order valence-corrected chi connectivity index (χ3v) is 4.93. The summed E-state index contributed by atoms with van der Waals surface area (Å²) in [7, 11) is -1.15. The number of sulfone groups is 1. The van der Waals surface area contributed by atoms with Crippen LogP contribution in [0.15, 0.2) is 0 Å². The zero-order valence-electron chi connectivity index (χ0n) is 8.29. The van der Waals surface area contributed by atoms with Crippen molar-refractivity contribution >= 4 is 9.84 Å². The molecule has 0 spiro atoms. The first-order valence-corrected chi connectivity index (χ1v) is 5.95. The molecule has 0 aromatic rings. The molecule has 0 saturated heterocycles. The predicted octanol–water partition coefficient (Wildman–Crippen LogP) is 0.808. The molecule has 0 rings (SSSR count). The van der Waals surface area contributed by atoms with E-state index in [0.29, 0.717) is 13.0 Å². The molecule has 4 heteroatoms. The number of nitrogens with one attached hydrogen (secondary N) is 1. The van der Waals surface area contributed by atoms with E-state index >= 15 is 0 Å². The van der Waals surface area contributed by atoms with Gasteiger partial charge in [-0.1, -0.05) is 6.92 Å². The van der Waals surface area contributed by atoms with Crippen LogP contribution in [0.5, 0.6) is 0 Å². The molecule has 2 atom stereocenters. The summed E-state index contributed by atoms with van der Waals surface area (Å²) in [5.74, 6) is 0. The SMILES string of the molecule is CCC(C)S(=O)(=O)C(C)CNC. The number of hydrogen-bond donors (Lipinski definition) is 1. The minimum Gasteiger partial charge on any atom is -0.318 e. The van der Waals surface area contributed by atoms with E-state index in [0.717, 1.165) is 0 Å². The van der Waals surface area contributed by atoms with Gasteiger partial charge in [0.15, 0.2) is 9.84 Å². The zero-order valence-corrected chi connectivity index (χ0v) is 9.11. The molecule has 0 aliphatic carbocycles. The monoisotopic (exact) mass is 193 g/mol. The van der Waals surface area contributed by atoms with Crippen molar-refractivity contribution in [2.45, 2.75) is 37.7 Å². The Morgan fingerprint density at radius 3 is 2.08 bits per heavy atom. The molecule has 1 N–H and O–H groups in total. The van der Waals surface area contributed by atoms with Gasteiger partial charge in [-0.3, -0.25) is 0 Å². The van der Waals surface area contributed by atoms with Crippen molar-refractivity contribution in [1.82, 2.24) is 5.32 Å². The van der Waals surface area contributed by atoms with Gasteiger partial charge in [-0.2, -0.15) is 0 Å². The van der Waals surface area contributed by atoms with Crippen LogP contribution in [-0.4, -0.2) is 32.5 Å². The van der Waals surface area contributed by atoms with Crippen molar-refractivity contribution in [3.8, 4) is 0 Å². The van der Waals surface area contributed by atoms with Crippen LogP contribution in [0.3, 0.4) is 0 Å². The second-order valence-corrected chi connectivity index (χ2v) is 5.96. The Bertz CT molecular complexity index is 211. The van der Waals surface area contributed by atoms with E-state index in [1.165, 1.54) is 0 Å². The van der Waals surface area contributed by atoms with Crippen molar-refractivity contribution in [3.63, 3.8) is 0 Å². The lowest BCUT2D eigenvalue weighted by Crippen LogP contribution is -2.34. The normalized spacial score (nSPS) is 17.3. The molecule has 0 bridgehead atoms. The third-order valence-electron chi connectivity index (χ3n) is 2.19. The van der Waals surface area contributed by atoms with Gasteiger partial charge in [0.25, 0.3) is 0 Å². The summed E-state index contributed by atoms with van der Waals surface area (Å²) >= 11 is 0. The lowest BCUT2D eigenvalue weighted by molar-refractivity contribution is 0.563. The summed E-state index contributed by atoms with van der Waals surface area (Å²) in [6.45, 7) is 5.94. The number of rotatable bonds is 5. The van der Waals surface area contributed by atoms with E-state index in [4.69, 9.17) is 0 Å². The molecule has 0 aliphatic heterocycles. The maximum absolute atomic E-state index is 11.6. The van der Waals surface area contributed by atoms with E-state index in [-0.39, 0.29) is 10.5 Å². The maximum atomic E-state index is 11.6. The quantitative estimate of drug-likeness (QED) is 0.703. The van der Waals surface area contributed by atoms with Crippen molar-refractivity contribution in [1.29, 1.82) is 0 Å². The fourth-order valence-electron chi connectivity index (χ4n) is 1.03. The summed E-state index contributed by atoms with van der Waals surface area (Å²) in [6, 6.07) is 0. The van der Waals surface area contributed by atoms with E-state index in [2.05, 4.69) is 5.32 Å². The molecule has 3 nitrogen and oxygen atoms in total. The van der Waals surface area contributed by atoms with Crippen LogP contribution in [0.4, 0.5) is 0 Å². The third kappa shape index (κ3) is 2.75. The fourth-order valence-corrected chi connectivity index (χ4v) is 2.69. The second-order valence-electron chi connectivity index (χ2n) is 3.18. The Hall–Kier alpha value is -0.0900. The van der Waals surface area contributed by atoms with Gasteiger partial charge in [-0.05, 0) is 27.3 Å². The Balaban J connectivity index is 4.39. The summed E-state index contributed by atoms with van der Waals surface area (Å²) < 4.78 is 23.2. The smallest absolute Gasteiger partial charge is 0.156 e. The molecular weight excluding hydrogens is 174 g/mol. The summed E-state index contributed by atoms with van der Waals surface area (Å²) in [5, 5.41) is 2.37. The van der Waals surface area contributed by atoms with E-state index in [9.17, 15) is 8.42 Å². The van der Waals surface area contributed by atoms with Crippen LogP contribution in [0.1, 0.15) is 27.2 Å². The van der Waals surface area contributed by atoms with Crippen molar-refractivity contribution in [2.24, 2.45) is 0 Å². The summed E-state index contributed by atoms with van der Waals surface area (Å²) in [4.78, 5) is 0. The molecule has 0 saturated carbocycles. The molecule has 0 heterocycles. The average Bonchev–Trinajstić information content (AvgIpc) is 2.03. The van der Waals surface area contributed by atoms with Crippen LogP contribution in [0.25, 0.3) is 0 Å². The van der Waals surface area contributed by atoms with E-state index < -0.39 is 9.84 Å². The topological polar surface area (TPSA) is 46.2 Å². The van der Waals surface area contributed by atoms with Gasteiger partial charge in [-0.25, -0.2) is 8.42 Å². The standard InChI is InChI=1S/C8H19NO2S/c1-5-7(2)12(10,11)8(3)6-9-4/h7-9H,5-6H2,1-4H3. The molecule has 0 radical (unpaired) electrons. The van der Waals surface area contributed by atoms with Crippen LogP contribution in [0.2, 0.25) is 0 Å². The van der Waals surface area contributed by atoms with E-state index in [1.54, 1.807) is 20.9 Å². The van der Waals surface area contributed by atoms with Crippen LogP contribution in [0, 0.1) is 0 Å². The van der Waals surface area contributed by atoms with Gasteiger partial charge in [0.2, 0.25) is 0 Å². The molecule has 0 fully saturated rings. The molecule has 74 valence electrons. The second kappa shape index (κ2) is 4.82. The van der Waals surface area contributed by atoms with Gasteiger partial charge >= 0.3 is 0 Å². The minimum atomic E-state index is -2.91. The van der Waals surface area contributed by atoms with Gasteiger partial charge in [-0.15, -0.1) is 0 Å². The molecular formula is C8H19NO2S. The zero-order chi connectivity index (χ0) is 9.78. The highest BCUT2D eigenvalue weighted by Crippen LogP contribution is 2.11. The molecule has 2 unspecified atom stereocenters. The van der Waals surface area contributed by atoms with Crippen LogP contribution in [-0.2, 0) is 9.84 Å². The molecule has 0 amide bonds. The summed E-state index contributed by atoms with van der Waals surface area (Å²) in [5.41, 5.74) is 0. The Morgan fingerprint density at radius 1 is 1.25 bits per heavy atom. The van der Waals surface area contributed by atoms with E-state index in [1.807, 2.05) is 6.92 Å². The Morgan fingerprint density at radius 2 is 1.75 bits per heavy atom. The average molecular weight is 193 g/mol. The molecule has 0 aromatic heterocycles. The first kappa shape index (κ1) is 11.9. The lowest BCUT2D eigenvalue weighted by Gasteiger charge is -2.16. The molecule has 0 aliphatic rings. The van der Waals surface area contributed by atoms with Gasteiger partial charge in [0, 0.05) is 6.54 Å². The highest BCUT2D eigenvalue weighted by Gasteiger charge is 2.25. The largest absolute Gasteiger partial charge is 0.318 e. The highest BCUT2D eigenvalue weighted by atomic mass is 32.2. The van der Waals surface area contributed by atoms with Crippen molar-refractivity contribution in [2.75, 3.05) is 13.6 Å². The first-order valence-electron chi connectivity index (χ1n) is 4.34. The molecule has 12 heavy (non-hydrogen) atoms. The maximum Gasteiger partial charge on any atom is 0.156 e. The van der Waals surface area contributed by atoms with Gasteiger partial charge in [0.1, 0.15) is 0 Å².